The first-order valence-corrected chi connectivity index (χ1v) is 11.9. The zero-order valence-electron chi connectivity index (χ0n) is 22.4. The van der Waals surface area contributed by atoms with Crippen molar-refractivity contribution >= 4 is 182 Å². The molecule has 0 aliphatic heterocycles. The van der Waals surface area contributed by atoms with Gasteiger partial charge in [-0.3, -0.25) is 0 Å². The van der Waals surface area contributed by atoms with Crippen molar-refractivity contribution in [3.63, 3.8) is 0 Å². The van der Waals surface area contributed by atoms with Crippen molar-refractivity contribution in [2.75, 3.05) is 0 Å². The van der Waals surface area contributed by atoms with Gasteiger partial charge in [-0.2, -0.15) is 0 Å². The first-order chi connectivity index (χ1) is 14.8. The van der Waals surface area contributed by atoms with Gasteiger partial charge in [0.25, 0.3) is 0 Å². The predicted molar refractivity (Wildman–Crippen MR) is 184 cm³/mol. The van der Waals surface area contributed by atoms with E-state index in [0.717, 1.165) is 0 Å². The van der Waals surface area contributed by atoms with Crippen molar-refractivity contribution in [1.29, 1.82) is 0 Å². The molecule has 1 aromatic heterocycles. The summed E-state index contributed by atoms with van der Waals surface area (Å²) in [6.45, 7) is 2.31. The molecule has 0 aliphatic rings. The van der Waals surface area contributed by atoms with Crippen LogP contribution in [0.2, 0.25) is 0 Å². The zero-order valence-corrected chi connectivity index (χ0v) is 22.4. The molecule has 144 valence electrons. The van der Waals surface area contributed by atoms with Gasteiger partial charge in [0.1, 0.15) is 94.2 Å². The summed E-state index contributed by atoms with van der Waals surface area (Å²) in [5.41, 5.74) is 22.5. The molecule has 0 bridgehead atoms. The molecule has 0 unspecified atom stereocenters. The molecule has 0 fully saturated rings. The monoisotopic (exact) mass is 401 g/mol. The first kappa shape index (κ1) is 23.4. The van der Waals surface area contributed by atoms with Crippen molar-refractivity contribution in [3.05, 3.63) is 5.56 Å². The Labute approximate surface area is 203 Å². The quantitative estimate of drug-likeness (QED) is 0.281. The maximum Gasteiger partial charge on any atom is 0.141 e. The molecule has 32 heavy (non-hydrogen) atoms. The largest absolute Gasteiger partial charge is 0.311 e. The summed E-state index contributed by atoms with van der Waals surface area (Å²) in [5.74, 6) is 0. The van der Waals surface area contributed by atoms with Crippen LogP contribution in [0.15, 0.2) is 0 Å². The molecule has 4 rings (SSSR count). The van der Waals surface area contributed by atoms with Crippen LogP contribution >= 0.6 is 0 Å². The zero-order chi connectivity index (χ0) is 24.0. The van der Waals surface area contributed by atoms with E-state index in [1.807, 2.05) is 0 Å². The summed E-state index contributed by atoms with van der Waals surface area (Å²) in [6, 6.07) is 0. The maximum absolute atomic E-state index is 2.64. The number of hydrogen-bond acceptors (Lipinski definition) is 0. The van der Waals surface area contributed by atoms with Crippen LogP contribution in [0.4, 0.5) is 0 Å². The van der Waals surface area contributed by atoms with E-state index >= 15 is 0 Å². The van der Waals surface area contributed by atoms with Gasteiger partial charge >= 0.3 is 0 Å². The number of rotatable bonds is 1. The van der Waals surface area contributed by atoms with Crippen molar-refractivity contribution in [2.45, 2.75) is 6.92 Å². The second-order valence-corrected chi connectivity index (χ2v) is 10.3. The minimum absolute atomic E-state index is 1.38. The summed E-state index contributed by atoms with van der Waals surface area (Å²) in [5, 5.41) is 2.89. The SMILES string of the molecule is Bc1c(B)c(B)c(-n2c3c(B)c(B)c(B)c(B)c3c3c(B)c(B)c(B)c(B)c32)c(C)c1B. The average molecular weight is 399 g/mol. The Morgan fingerprint density at radius 3 is 1.09 bits per heavy atom. The van der Waals surface area contributed by atoms with Gasteiger partial charge in [-0.15, -0.1) is 16.4 Å². The van der Waals surface area contributed by atoms with Gasteiger partial charge in [-0.05, 0) is 23.3 Å². The third-order valence-electron chi connectivity index (χ3n) is 9.19. The fourth-order valence-electron chi connectivity index (χ4n) is 5.91. The molecule has 1 nitrogen and oxygen atoms in total. The van der Waals surface area contributed by atoms with Crippen LogP contribution in [0.1, 0.15) is 5.56 Å². The fraction of sp³-hybridized carbons (Fsp3) is 0.0526. The summed E-state index contributed by atoms with van der Waals surface area (Å²) in [6.07, 6.45) is 0. The molecule has 3 aromatic carbocycles. The molecule has 0 aliphatic carbocycles. The van der Waals surface area contributed by atoms with E-state index in [-0.39, 0.29) is 0 Å². The van der Waals surface area contributed by atoms with Gasteiger partial charge in [-0.1, -0.05) is 49.2 Å². The molecule has 1 heterocycles. The third-order valence-corrected chi connectivity index (χ3v) is 9.19. The number of nitrogens with zero attached hydrogens (tertiary/aromatic N) is 1. The Bertz CT molecular complexity index is 1400. The van der Waals surface area contributed by atoms with Gasteiger partial charge in [0, 0.05) is 16.7 Å². The molecule has 0 saturated heterocycles. The van der Waals surface area contributed by atoms with Crippen LogP contribution in [-0.4, -0.2) is 98.7 Å². The molecule has 0 spiro atoms. The lowest BCUT2D eigenvalue weighted by atomic mass is 9.63. The molecule has 0 atom stereocenters. The summed E-state index contributed by atoms with van der Waals surface area (Å²) < 4.78 is 2.64. The highest BCUT2D eigenvalue weighted by atomic mass is 15.0. The minimum atomic E-state index is 1.38. The molecule has 0 saturated carbocycles. The van der Waals surface area contributed by atoms with Crippen molar-refractivity contribution < 1.29 is 0 Å². The highest BCUT2D eigenvalue weighted by Gasteiger charge is 2.25. The van der Waals surface area contributed by atoms with Crippen LogP contribution in [-0.2, 0) is 0 Å². The minimum Gasteiger partial charge on any atom is -0.311 e. The second kappa shape index (κ2) is 7.64. The van der Waals surface area contributed by atoms with E-state index in [1.54, 1.807) is 0 Å². The molecule has 0 radical (unpaired) electrons. The maximum atomic E-state index is 2.64. The van der Waals surface area contributed by atoms with Gasteiger partial charge in [0.05, 0.1) is 0 Å². The van der Waals surface area contributed by atoms with E-state index in [0.29, 0.717) is 0 Å². The average Bonchev–Trinajstić information content (AvgIpc) is 3.12. The predicted octanol–water partition coefficient (Wildman–Crippen LogP) is -15.8. The van der Waals surface area contributed by atoms with Crippen LogP contribution in [0, 0.1) is 6.92 Å². The summed E-state index contributed by atoms with van der Waals surface area (Å²) in [4.78, 5) is 0. The Balaban J connectivity index is 2.50. The first-order valence-electron chi connectivity index (χ1n) is 11.9. The third kappa shape index (κ3) is 2.82. The van der Waals surface area contributed by atoms with E-state index in [9.17, 15) is 0 Å². The van der Waals surface area contributed by atoms with Crippen LogP contribution < -0.4 is 65.6 Å². The van der Waals surface area contributed by atoms with E-state index in [4.69, 9.17) is 0 Å². The van der Waals surface area contributed by atoms with Crippen molar-refractivity contribution in [3.8, 4) is 5.69 Å². The summed E-state index contributed by atoms with van der Waals surface area (Å²) >= 11 is 0. The lowest BCUT2D eigenvalue weighted by Crippen LogP contribution is -2.51. The van der Waals surface area contributed by atoms with Crippen molar-refractivity contribution in [2.24, 2.45) is 0 Å². The highest BCUT2D eigenvalue weighted by molar-refractivity contribution is 6.72. The number of benzene rings is 3. The lowest BCUT2D eigenvalue weighted by molar-refractivity contribution is 1.18. The Morgan fingerprint density at radius 1 is 0.375 bits per heavy atom. The standard InChI is InChI=1S/C19H27B12N/c1-2-5(20)8(23)11(26)14(29)17(2)32-18-3(6(21)9(24)12(27)15(18)30)4-7(22)10(25)13(28)16(31)19(4)32/h20-31H2,1H3. The molecule has 0 amide bonds. The number of aromatic nitrogens is 1. The lowest BCUT2D eigenvalue weighted by Gasteiger charge is -2.24. The van der Waals surface area contributed by atoms with Crippen molar-refractivity contribution in [1.82, 2.24) is 4.57 Å². The van der Waals surface area contributed by atoms with Crippen LogP contribution in [0.3, 0.4) is 0 Å². The van der Waals surface area contributed by atoms with Gasteiger partial charge in [0.15, 0.2) is 0 Å². The fourth-order valence-corrected chi connectivity index (χ4v) is 5.91. The molecule has 13 heteroatoms. The Hall–Kier alpha value is -1.76. The van der Waals surface area contributed by atoms with E-state index in [1.165, 1.54) is 98.6 Å². The van der Waals surface area contributed by atoms with E-state index in [2.05, 4.69) is 106 Å². The number of fused-ring (bicyclic) bond motifs is 3. The van der Waals surface area contributed by atoms with Crippen LogP contribution in [0.5, 0.6) is 0 Å². The summed E-state index contributed by atoms with van der Waals surface area (Å²) in [7, 11) is 27.6. The van der Waals surface area contributed by atoms with Gasteiger partial charge in [0.2, 0.25) is 0 Å². The smallest absolute Gasteiger partial charge is 0.141 e. The molecular weight excluding hydrogens is 372 g/mol. The molecular formula is C19H27B12N. The Kier molecular flexibility index (Phi) is 5.59. The number of hydrogen-bond donors (Lipinski definition) is 0. The topological polar surface area (TPSA) is 4.93 Å². The molecule has 4 aromatic rings. The normalized spacial score (nSPS) is 11.5. The highest BCUT2D eigenvalue weighted by Crippen LogP contribution is 2.26. The molecule has 0 N–H and O–H groups in total. The van der Waals surface area contributed by atoms with Gasteiger partial charge in [-0.25, -0.2) is 0 Å². The van der Waals surface area contributed by atoms with E-state index < -0.39 is 0 Å². The van der Waals surface area contributed by atoms with Gasteiger partial charge < -0.3 is 4.57 Å². The Morgan fingerprint density at radius 2 is 0.688 bits per heavy atom. The van der Waals surface area contributed by atoms with Crippen LogP contribution in [0.25, 0.3) is 27.5 Å². The second-order valence-electron chi connectivity index (χ2n) is 10.3.